The molecule has 136 valence electrons. The number of aliphatic carboxylic acids is 1. The van der Waals surface area contributed by atoms with Gasteiger partial charge < -0.3 is 15.2 Å². The van der Waals surface area contributed by atoms with Crippen LogP contribution in [0.15, 0.2) is 78.9 Å². The van der Waals surface area contributed by atoms with Crippen molar-refractivity contribution in [2.45, 2.75) is 13.0 Å². The van der Waals surface area contributed by atoms with E-state index in [0.29, 0.717) is 29.2 Å². The molecule has 3 aromatic carbocycles. The summed E-state index contributed by atoms with van der Waals surface area (Å²) < 4.78 is 5.71. The maximum absolute atomic E-state index is 12.4. The van der Waals surface area contributed by atoms with Crippen LogP contribution in [0.5, 0.6) is 5.75 Å². The number of hydrogen-bond donors (Lipinski definition) is 2. The molecule has 0 saturated heterocycles. The number of benzene rings is 3. The standard InChI is InChI=1S/C22H19NO4/c24-21(25)14-17-7-4-8-19(13-17)23-22(26)18-9-11-20(12-10-18)27-15-16-5-2-1-3-6-16/h1-13H,14-15H2,(H,23,26)(H,24,25). The average molecular weight is 361 g/mol. The molecule has 0 atom stereocenters. The molecule has 3 aromatic rings. The summed E-state index contributed by atoms with van der Waals surface area (Å²) in [4.78, 5) is 23.2. The highest BCUT2D eigenvalue weighted by Crippen LogP contribution is 2.17. The number of nitrogens with one attached hydrogen (secondary N) is 1. The summed E-state index contributed by atoms with van der Waals surface area (Å²) >= 11 is 0. The lowest BCUT2D eigenvalue weighted by molar-refractivity contribution is -0.136. The van der Waals surface area contributed by atoms with E-state index in [1.54, 1.807) is 48.5 Å². The lowest BCUT2D eigenvalue weighted by Crippen LogP contribution is -2.12. The first-order valence-electron chi connectivity index (χ1n) is 8.49. The van der Waals surface area contributed by atoms with Crippen LogP contribution in [0.2, 0.25) is 0 Å². The Morgan fingerprint density at radius 1 is 0.852 bits per heavy atom. The van der Waals surface area contributed by atoms with Gasteiger partial charge >= 0.3 is 5.97 Å². The van der Waals surface area contributed by atoms with Crippen LogP contribution in [-0.4, -0.2) is 17.0 Å². The maximum Gasteiger partial charge on any atom is 0.307 e. The van der Waals surface area contributed by atoms with Crippen LogP contribution in [0.1, 0.15) is 21.5 Å². The Kier molecular flexibility index (Phi) is 5.84. The topological polar surface area (TPSA) is 75.6 Å². The van der Waals surface area contributed by atoms with Crippen molar-refractivity contribution in [2.24, 2.45) is 0 Å². The van der Waals surface area contributed by atoms with Gasteiger partial charge in [-0.25, -0.2) is 0 Å². The molecule has 5 heteroatoms. The van der Waals surface area contributed by atoms with Crippen molar-refractivity contribution in [2.75, 3.05) is 5.32 Å². The predicted molar refractivity (Wildman–Crippen MR) is 103 cm³/mol. The molecule has 0 fully saturated rings. The van der Waals surface area contributed by atoms with Gasteiger partial charge in [0.25, 0.3) is 5.91 Å². The van der Waals surface area contributed by atoms with E-state index in [9.17, 15) is 9.59 Å². The third-order valence-corrected chi connectivity index (χ3v) is 3.91. The van der Waals surface area contributed by atoms with Gasteiger partial charge in [-0.05, 0) is 47.5 Å². The third kappa shape index (κ3) is 5.44. The van der Waals surface area contributed by atoms with Crippen molar-refractivity contribution >= 4 is 17.6 Å². The van der Waals surface area contributed by atoms with Gasteiger partial charge in [0.15, 0.2) is 0 Å². The molecule has 0 aliphatic rings. The molecule has 0 bridgehead atoms. The number of hydrogen-bond acceptors (Lipinski definition) is 3. The smallest absolute Gasteiger partial charge is 0.307 e. The van der Waals surface area contributed by atoms with Crippen LogP contribution < -0.4 is 10.1 Å². The summed E-state index contributed by atoms with van der Waals surface area (Å²) in [7, 11) is 0. The molecular weight excluding hydrogens is 342 g/mol. The Morgan fingerprint density at radius 3 is 2.26 bits per heavy atom. The SMILES string of the molecule is O=C(O)Cc1cccc(NC(=O)c2ccc(OCc3ccccc3)cc2)c1. The Morgan fingerprint density at radius 2 is 1.56 bits per heavy atom. The van der Waals surface area contributed by atoms with E-state index in [2.05, 4.69) is 5.32 Å². The van der Waals surface area contributed by atoms with Gasteiger partial charge in [0.2, 0.25) is 0 Å². The normalized spacial score (nSPS) is 10.2. The second-order valence-electron chi connectivity index (χ2n) is 6.02. The van der Waals surface area contributed by atoms with Crippen molar-refractivity contribution in [3.8, 4) is 5.75 Å². The summed E-state index contributed by atoms with van der Waals surface area (Å²) in [5.41, 5.74) is 2.75. The largest absolute Gasteiger partial charge is 0.489 e. The van der Waals surface area contributed by atoms with E-state index in [1.807, 2.05) is 30.3 Å². The van der Waals surface area contributed by atoms with Gasteiger partial charge in [0.05, 0.1) is 6.42 Å². The Balaban J connectivity index is 1.59. The number of carbonyl (C=O) groups excluding carboxylic acids is 1. The quantitative estimate of drug-likeness (QED) is 0.663. The fourth-order valence-corrected chi connectivity index (χ4v) is 2.58. The number of rotatable bonds is 7. The second kappa shape index (κ2) is 8.67. The van der Waals surface area contributed by atoms with Gasteiger partial charge in [-0.15, -0.1) is 0 Å². The van der Waals surface area contributed by atoms with Crippen molar-refractivity contribution in [3.63, 3.8) is 0 Å². The minimum absolute atomic E-state index is 0.0862. The monoisotopic (exact) mass is 361 g/mol. The maximum atomic E-state index is 12.4. The first kappa shape index (κ1) is 18.2. The molecule has 0 spiro atoms. The molecule has 27 heavy (non-hydrogen) atoms. The fourth-order valence-electron chi connectivity index (χ4n) is 2.58. The summed E-state index contributed by atoms with van der Waals surface area (Å²) in [6, 6.07) is 23.5. The molecular formula is C22H19NO4. The zero-order chi connectivity index (χ0) is 19.1. The molecule has 0 aliphatic carbocycles. The first-order chi connectivity index (χ1) is 13.1. The van der Waals surface area contributed by atoms with E-state index in [0.717, 1.165) is 5.56 Å². The molecule has 0 unspecified atom stereocenters. The summed E-state index contributed by atoms with van der Waals surface area (Å²) in [6.45, 7) is 0.461. The van der Waals surface area contributed by atoms with Crippen molar-refractivity contribution in [1.82, 2.24) is 0 Å². The fraction of sp³-hybridized carbons (Fsp3) is 0.0909. The molecule has 3 rings (SSSR count). The molecule has 2 N–H and O–H groups in total. The van der Waals surface area contributed by atoms with Crippen LogP contribution in [0.3, 0.4) is 0 Å². The molecule has 1 amide bonds. The highest BCUT2D eigenvalue weighted by Gasteiger charge is 2.08. The first-order valence-corrected chi connectivity index (χ1v) is 8.49. The Labute approximate surface area is 157 Å². The lowest BCUT2D eigenvalue weighted by Gasteiger charge is -2.09. The summed E-state index contributed by atoms with van der Waals surface area (Å²) in [6.07, 6.45) is -0.0862. The highest BCUT2D eigenvalue weighted by atomic mass is 16.5. The van der Waals surface area contributed by atoms with E-state index in [4.69, 9.17) is 9.84 Å². The van der Waals surface area contributed by atoms with E-state index >= 15 is 0 Å². The van der Waals surface area contributed by atoms with Crippen molar-refractivity contribution < 1.29 is 19.4 Å². The molecule has 0 aromatic heterocycles. The van der Waals surface area contributed by atoms with Gasteiger partial charge in [0.1, 0.15) is 12.4 Å². The van der Waals surface area contributed by atoms with E-state index in [1.165, 1.54) is 0 Å². The van der Waals surface area contributed by atoms with Crippen molar-refractivity contribution in [3.05, 3.63) is 95.6 Å². The molecule has 0 saturated carbocycles. The van der Waals surface area contributed by atoms with Crippen LogP contribution in [-0.2, 0) is 17.8 Å². The number of carbonyl (C=O) groups is 2. The number of amides is 1. The van der Waals surface area contributed by atoms with Crippen LogP contribution in [0, 0.1) is 0 Å². The average Bonchev–Trinajstić information content (AvgIpc) is 2.67. The van der Waals surface area contributed by atoms with Crippen molar-refractivity contribution in [1.29, 1.82) is 0 Å². The number of carboxylic acids is 1. The molecule has 0 radical (unpaired) electrons. The van der Waals surface area contributed by atoms with Crippen LogP contribution in [0.25, 0.3) is 0 Å². The zero-order valence-electron chi connectivity index (χ0n) is 14.6. The number of carboxylic acid groups (broad SMARTS) is 1. The van der Waals surface area contributed by atoms with Gasteiger partial charge in [-0.1, -0.05) is 42.5 Å². The summed E-state index contributed by atoms with van der Waals surface area (Å²) in [5.74, 6) is -0.500. The lowest BCUT2D eigenvalue weighted by atomic mass is 10.1. The Hall–Kier alpha value is -3.60. The highest BCUT2D eigenvalue weighted by molar-refractivity contribution is 6.04. The second-order valence-corrected chi connectivity index (χ2v) is 6.02. The molecule has 0 aliphatic heterocycles. The summed E-state index contributed by atoms with van der Waals surface area (Å²) in [5, 5.41) is 11.6. The van der Waals surface area contributed by atoms with Crippen LogP contribution in [0.4, 0.5) is 5.69 Å². The predicted octanol–water partition coefficient (Wildman–Crippen LogP) is 4.15. The minimum atomic E-state index is -0.912. The van der Waals surface area contributed by atoms with E-state index < -0.39 is 5.97 Å². The minimum Gasteiger partial charge on any atom is -0.489 e. The number of anilines is 1. The third-order valence-electron chi connectivity index (χ3n) is 3.91. The van der Waals surface area contributed by atoms with Gasteiger partial charge in [-0.3, -0.25) is 9.59 Å². The van der Waals surface area contributed by atoms with E-state index in [-0.39, 0.29) is 12.3 Å². The van der Waals surface area contributed by atoms with Gasteiger partial charge in [0, 0.05) is 11.3 Å². The zero-order valence-corrected chi connectivity index (χ0v) is 14.6. The number of ether oxygens (including phenoxy) is 1. The van der Waals surface area contributed by atoms with Crippen LogP contribution >= 0.6 is 0 Å². The Bertz CT molecular complexity index is 921. The van der Waals surface area contributed by atoms with Gasteiger partial charge in [-0.2, -0.15) is 0 Å². The molecule has 0 heterocycles. The molecule has 5 nitrogen and oxygen atoms in total.